The third-order valence-electron chi connectivity index (χ3n) is 9.17. The molecule has 6 aromatic rings. The molecule has 4 N–H and O–H groups in total. The summed E-state index contributed by atoms with van der Waals surface area (Å²) in [6.45, 7) is 4.23. The van der Waals surface area contributed by atoms with Crippen molar-refractivity contribution in [3.05, 3.63) is 169 Å². The summed E-state index contributed by atoms with van der Waals surface area (Å²) in [6.07, 6.45) is 2.88. The lowest BCUT2D eigenvalue weighted by molar-refractivity contribution is -0.129. The van der Waals surface area contributed by atoms with Crippen LogP contribution in [0.1, 0.15) is 48.4 Å². The van der Waals surface area contributed by atoms with E-state index >= 15 is 0 Å². The van der Waals surface area contributed by atoms with Crippen LogP contribution in [0, 0.1) is 0 Å². The van der Waals surface area contributed by atoms with Gasteiger partial charge in [0.1, 0.15) is 11.0 Å². The molecule has 0 atom stereocenters. The van der Waals surface area contributed by atoms with E-state index in [1.54, 1.807) is 115 Å². The molecule has 1 fully saturated rings. The van der Waals surface area contributed by atoms with E-state index < -0.39 is 0 Å². The average molecular weight is 933 g/mol. The third kappa shape index (κ3) is 12.4. The Morgan fingerprint density at radius 1 is 0.500 bits per heavy atom. The number of carbonyl (C=O) groups excluding carboxylic acids is 5. The van der Waals surface area contributed by atoms with Crippen LogP contribution in [0.15, 0.2) is 122 Å². The molecule has 1 aliphatic heterocycles. The number of amides is 5. The van der Waals surface area contributed by atoms with Gasteiger partial charge in [-0.15, -0.1) is 0 Å². The Balaban J connectivity index is 0.000000214. The summed E-state index contributed by atoms with van der Waals surface area (Å²) in [5, 5.41) is 12.8. The molecule has 18 heteroatoms. The van der Waals surface area contributed by atoms with Crippen LogP contribution >= 0.6 is 58.0 Å². The smallest absolute Gasteiger partial charge is 0.257 e. The second-order valence-electron chi connectivity index (χ2n) is 13.5. The lowest BCUT2D eigenvalue weighted by atomic mass is 10.2. The molecule has 0 aliphatic carbocycles. The number of rotatable bonds is 9. The van der Waals surface area contributed by atoms with E-state index in [4.69, 9.17) is 58.0 Å². The quantitative estimate of drug-likeness (QED) is 0.104. The average Bonchev–Trinajstić information content (AvgIpc) is 3.26. The van der Waals surface area contributed by atoms with E-state index in [0.717, 1.165) is 5.82 Å². The first-order valence-corrected chi connectivity index (χ1v) is 20.5. The van der Waals surface area contributed by atoms with Crippen molar-refractivity contribution in [2.75, 3.05) is 52.3 Å². The van der Waals surface area contributed by atoms with Crippen molar-refractivity contribution in [3.63, 3.8) is 0 Å². The number of hydrogen-bond acceptors (Lipinski definition) is 8. The van der Waals surface area contributed by atoms with Gasteiger partial charge < -0.3 is 31.1 Å². The first-order valence-electron chi connectivity index (χ1n) is 18.7. The molecule has 3 heterocycles. The summed E-state index contributed by atoms with van der Waals surface area (Å²) >= 11 is 30.0. The number of benzene rings is 4. The highest BCUT2D eigenvalue weighted by atomic mass is 35.5. The van der Waals surface area contributed by atoms with Crippen molar-refractivity contribution in [3.8, 4) is 0 Å². The Kier molecular flexibility index (Phi) is 15.4. The fourth-order valence-electron chi connectivity index (χ4n) is 5.92. The highest BCUT2D eigenvalue weighted by Gasteiger charge is 2.20. The molecule has 4 aromatic carbocycles. The van der Waals surface area contributed by atoms with Gasteiger partial charge in [0.25, 0.3) is 23.6 Å². The lowest BCUT2D eigenvalue weighted by Crippen LogP contribution is -2.48. The second-order valence-corrected chi connectivity index (χ2v) is 15.6. The maximum atomic E-state index is 12.8. The number of piperazine rings is 1. The molecule has 5 amide bonds. The summed E-state index contributed by atoms with van der Waals surface area (Å²) in [5.74, 6) is -0.638. The number of aromatic nitrogens is 2. The molecule has 0 bridgehead atoms. The van der Waals surface area contributed by atoms with E-state index in [9.17, 15) is 24.0 Å². The van der Waals surface area contributed by atoms with Crippen LogP contribution in [-0.2, 0) is 4.79 Å². The second kappa shape index (κ2) is 21.0. The largest absolute Gasteiger partial charge is 0.353 e. The Morgan fingerprint density at radius 3 is 1.39 bits per heavy atom. The van der Waals surface area contributed by atoms with E-state index in [2.05, 4.69) is 36.1 Å². The SMILES string of the molecule is CC(=O)N1CCN(c2ccc(C(=O)Nc3ccc(Cl)c(NC(=O)c4cccc(Cl)c4)c3)cn2)CC1.O=C(Nc1ccc(Cl)c(NC(=O)c2cccc(Cl)c2)c1)c1ccc(Cl)nc1. The Hall–Kier alpha value is -6.22. The minimum Gasteiger partial charge on any atom is -0.353 e. The number of halogens is 5. The van der Waals surface area contributed by atoms with Crippen molar-refractivity contribution in [2.45, 2.75) is 6.92 Å². The van der Waals surface area contributed by atoms with E-state index in [1.165, 1.54) is 18.5 Å². The number of hydrogen-bond donors (Lipinski definition) is 4. The van der Waals surface area contributed by atoms with Crippen LogP contribution in [-0.4, -0.2) is 70.6 Å². The number of pyridine rings is 2. The highest BCUT2D eigenvalue weighted by molar-refractivity contribution is 6.35. The molecule has 62 heavy (non-hydrogen) atoms. The normalized spacial score (nSPS) is 12.0. The summed E-state index contributed by atoms with van der Waals surface area (Å²) in [7, 11) is 0. The van der Waals surface area contributed by atoms with E-state index in [0.29, 0.717) is 96.4 Å². The molecular formula is C44H35Cl5N8O5. The maximum Gasteiger partial charge on any atom is 0.257 e. The lowest BCUT2D eigenvalue weighted by Gasteiger charge is -2.34. The van der Waals surface area contributed by atoms with Crippen LogP contribution < -0.4 is 26.2 Å². The van der Waals surface area contributed by atoms with Crippen molar-refractivity contribution < 1.29 is 24.0 Å². The highest BCUT2D eigenvalue weighted by Crippen LogP contribution is 2.28. The first kappa shape index (κ1) is 45.3. The zero-order chi connectivity index (χ0) is 44.3. The van der Waals surface area contributed by atoms with Crippen molar-refractivity contribution in [1.29, 1.82) is 0 Å². The molecule has 1 saturated heterocycles. The van der Waals surface area contributed by atoms with Crippen LogP contribution in [0.5, 0.6) is 0 Å². The molecular weight excluding hydrogens is 898 g/mol. The fraction of sp³-hybridized carbons (Fsp3) is 0.114. The minimum atomic E-state index is -0.373. The van der Waals surface area contributed by atoms with Gasteiger partial charge in [0.05, 0.1) is 32.5 Å². The Bertz CT molecular complexity index is 2630. The van der Waals surface area contributed by atoms with E-state index in [-0.39, 0.29) is 29.5 Å². The summed E-state index contributed by atoms with van der Waals surface area (Å²) in [6, 6.07) is 29.2. The van der Waals surface area contributed by atoms with Gasteiger partial charge in [0, 0.05) is 78.0 Å². The molecule has 1 aliphatic rings. The minimum absolute atomic E-state index is 0.0685. The molecule has 0 spiro atoms. The molecule has 316 valence electrons. The summed E-state index contributed by atoms with van der Waals surface area (Å²) < 4.78 is 0. The van der Waals surface area contributed by atoms with Gasteiger partial charge in [0.15, 0.2) is 0 Å². The third-order valence-corrected chi connectivity index (χ3v) is 10.5. The van der Waals surface area contributed by atoms with E-state index in [1.807, 2.05) is 0 Å². The monoisotopic (exact) mass is 930 g/mol. The first-order chi connectivity index (χ1) is 29.7. The number of carbonyl (C=O) groups is 5. The van der Waals surface area contributed by atoms with Gasteiger partial charge in [-0.1, -0.05) is 70.1 Å². The molecule has 0 radical (unpaired) electrons. The molecule has 0 saturated carbocycles. The maximum absolute atomic E-state index is 12.8. The van der Waals surface area contributed by atoms with Gasteiger partial charge in [-0.3, -0.25) is 24.0 Å². The molecule has 13 nitrogen and oxygen atoms in total. The zero-order valence-corrected chi connectivity index (χ0v) is 36.4. The summed E-state index contributed by atoms with van der Waals surface area (Å²) in [4.78, 5) is 73.6. The fourth-order valence-corrected chi connectivity index (χ4v) is 6.74. The van der Waals surface area contributed by atoms with Crippen molar-refractivity contribution in [1.82, 2.24) is 14.9 Å². The van der Waals surface area contributed by atoms with Gasteiger partial charge in [-0.2, -0.15) is 0 Å². The molecule has 0 unspecified atom stereocenters. The zero-order valence-electron chi connectivity index (χ0n) is 32.6. The van der Waals surface area contributed by atoms with Crippen molar-refractivity contribution in [2.24, 2.45) is 0 Å². The Labute approximate surface area is 381 Å². The van der Waals surface area contributed by atoms with Gasteiger partial charge >= 0.3 is 0 Å². The topological polar surface area (TPSA) is 166 Å². The van der Waals surface area contributed by atoms with Crippen molar-refractivity contribution >= 4 is 116 Å². The predicted molar refractivity (Wildman–Crippen MR) is 246 cm³/mol. The standard InChI is InChI=1S/C25H23Cl2N5O3.C19H12Cl3N3O2/c1-16(33)31-9-11-32(12-10-31)23-8-5-18(15-28-23)25(35)29-20-6-7-21(27)22(14-20)30-24(34)17-3-2-4-19(26)13-17;20-13-3-1-2-11(8-13)18(26)25-16-9-14(5-6-15(16)21)24-19(27)12-4-7-17(22)23-10-12/h2-8,13-15H,9-12H2,1H3,(H,29,35)(H,30,34);1-10H,(H,24,27)(H,25,26). The predicted octanol–water partition coefficient (Wildman–Crippen LogP) is 10.1. The number of nitrogens with one attached hydrogen (secondary N) is 4. The van der Waals surface area contributed by atoms with Gasteiger partial charge in [-0.05, 0) is 97.1 Å². The van der Waals surface area contributed by atoms with Gasteiger partial charge in [0.2, 0.25) is 5.91 Å². The van der Waals surface area contributed by atoms with Crippen LogP contribution in [0.3, 0.4) is 0 Å². The summed E-state index contributed by atoms with van der Waals surface area (Å²) in [5.41, 5.74) is 3.14. The Morgan fingerprint density at radius 2 is 0.968 bits per heavy atom. The number of nitrogens with zero attached hydrogens (tertiary/aromatic N) is 4. The molecule has 7 rings (SSSR count). The van der Waals surface area contributed by atoms with Gasteiger partial charge in [-0.25, -0.2) is 9.97 Å². The van der Waals surface area contributed by atoms with Crippen LogP contribution in [0.25, 0.3) is 0 Å². The number of anilines is 5. The molecule has 2 aromatic heterocycles. The van der Waals surface area contributed by atoms with Crippen LogP contribution in [0.2, 0.25) is 25.2 Å². The van der Waals surface area contributed by atoms with Crippen LogP contribution in [0.4, 0.5) is 28.6 Å².